The fraction of sp³-hybridized carbons (Fsp3) is 1.00. The summed E-state index contributed by atoms with van der Waals surface area (Å²) in [6.07, 6.45) is 2.60. The SMILES string of the molecule is CC(C)(C)C1OCCCC(C(C)(C)C)N(C(C)(C)C)C1C(C)(C)C. The summed E-state index contributed by atoms with van der Waals surface area (Å²) in [5, 5.41) is 0. The zero-order chi connectivity index (χ0) is 19.1. The topological polar surface area (TPSA) is 12.5 Å². The summed E-state index contributed by atoms with van der Waals surface area (Å²) < 4.78 is 6.53. The third-order valence-corrected chi connectivity index (χ3v) is 5.36. The van der Waals surface area contributed by atoms with E-state index in [1.807, 2.05) is 0 Å². The van der Waals surface area contributed by atoms with Gasteiger partial charge in [-0.1, -0.05) is 62.3 Å². The first-order valence-corrected chi connectivity index (χ1v) is 9.87. The minimum Gasteiger partial charge on any atom is -0.376 e. The van der Waals surface area contributed by atoms with Gasteiger partial charge < -0.3 is 4.74 Å². The van der Waals surface area contributed by atoms with Gasteiger partial charge in [-0.25, -0.2) is 0 Å². The lowest BCUT2D eigenvalue weighted by Gasteiger charge is -2.59. The predicted octanol–water partition coefficient (Wildman–Crippen LogP) is 6.14. The van der Waals surface area contributed by atoms with Crippen LogP contribution >= 0.6 is 0 Å². The van der Waals surface area contributed by atoms with E-state index in [9.17, 15) is 0 Å². The van der Waals surface area contributed by atoms with Gasteiger partial charge in [0.2, 0.25) is 0 Å². The van der Waals surface area contributed by atoms with E-state index >= 15 is 0 Å². The molecule has 0 radical (unpaired) electrons. The minimum atomic E-state index is 0.111. The number of rotatable bonds is 0. The van der Waals surface area contributed by atoms with E-state index in [1.165, 1.54) is 6.42 Å². The first kappa shape index (κ1) is 22.0. The van der Waals surface area contributed by atoms with Crippen LogP contribution in [0.15, 0.2) is 0 Å². The normalized spacial score (nSPS) is 29.2. The summed E-state index contributed by atoms with van der Waals surface area (Å²) in [7, 11) is 0. The Morgan fingerprint density at radius 1 is 0.708 bits per heavy atom. The van der Waals surface area contributed by atoms with Gasteiger partial charge in [0.05, 0.1) is 6.10 Å². The van der Waals surface area contributed by atoms with Crippen LogP contribution in [0, 0.1) is 16.2 Å². The second kappa shape index (κ2) is 6.91. The Morgan fingerprint density at radius 3 is 1.54 bits per heavy atom. The highest BCUT2D eigenvalue weighted by Crippen LogP contribution is 2.45. The van der Waals surface area contributed by atoms with Crippen molar-refractivity contribution in [1.82, 2.24) is 4.90 Å². The Bertz CT molecular complexity index is 360. The molecule has 2 nitrogen and oxygen atoms in total. The Morgan fingerprint density at radius 2 is 1.21 bits per heavy atom. The van der Waals surface area contributed by atoms with Crippen molar-refractivity contribution in [3.8, 4) is 0 Å². The van der Waals surface area contributed by atoms with Crippen molar-refractivity contribution in [1.29, 1.82) is 0 Å². The summed E-state index contributed by atoms with van der Waals surface area (Å²) >= 11 is 0. The molecule has 1 aliphatic heterocycles. The van der Waals surface area contributed by atoms with Gasteiger partial charge in [-0.05, 0) is 49.9 Å². The monoisotopic (exact) mass is 339 g/mol. The average Bonchev–Trinajstić information content (AvgIpc) is 2.20. The van der Waals surface area contributed by atoms with Gasteiger partial charge in [0.25, 0.3) is 0 Å². The lowest BCUT2D eigenvalue weighted by Crippen LogP contribution is -2.67. The van der Waals surface area contributed by atoms with E-state index in [0.717, 1.165) is 13.0 Å². The van der Waals surface area contributed by atoms with Crippen molar-refractivity contribution in [2.75, 3.05) is 6.61 Å². The fourth-order valence-electron chi connectivity index (χ4n) is 4.39. The Labute approximate surface area is 152 Å². The van der Waals surface area contributed by atoms with Crippen molar-refractivity contribution in [2.45, 2.75) is 120 Å². The highest BCUT2D eigenvalue weighted by Gasteiger charge is 2.50. The number of nitrogens with zero attached hydrogens (tertiary/aromatic N) is 1. The summed E-state index contributed by atoms with van der Waals surface area (Å²) in [6, 6.07) is 0.956. The summed E-state index contributed by atoms with van der Waals surface area (Å²) in [4.78, 5) is 2.82. The fourth-order valence-corrected chi connectivity index (χ4v) is 4.39. The number of ether oxygens (including phenoxy) is 1. The zero-order valence-corrected chi connectivity index (χ0v) is 18.7. The van der Waals surface area contributed by atoms with Crippen molar-refractivity contribution in [3.05, 3.63) is 0 Å². The van der Waals surface area contributed by atoms with E-state index in [1.54, 1.807) is 0 Å². The van der Waals surface area contributed by atoms with Crippen LogP contribution in [0.1, 0.15) is 95.9 Å². The highest BCUT2D eigenvalue weighted by atomic mass is 16.5. The lowest BCUT2D eigenvalue weighted by molar-refractivity contribution is -0.163. The smallest absolute Gasteiger partial charge is 0.0783 e. The Balaban J connectivity index is 3.57. The third-order valence-electron chi connectivity index (χ3n) is 5.36. The molecule has 1 heterocycles. The predicted molar refractivity (Wildman–Crippen MR) is 107 cm³/mol. The molecular weight excluding hydrogens is 294 g/mol. The second-order valence-corrected chi connectivity index (χ2v) is 12.1. The maximum absolute atomic E-state index is 6.53. The van der Waals surface area contributed by atoms with Crippen LogP contribution in [0.5, 0.6) is 0 Å². The summed E-state index contributed by atoms with van der Waals surface area (Å²) in [5.74, 6) is 0. The van der Waals surface area contributed by atoms with Crippen molar-refractivity contribution >= 4 is 0 Å². The maximum atomic E-state index is 6.53. The molecule has 0 aromatic heterocycles. The largest absolute Gasteiger partial charge is 0.376 e. The van der Waals surface area contributed by atoms with Crippen molar-refractivity contribution in [3.63, 3.8) is 0 Å². The molecule has 1 aliphatic rings. The van der Waals surface area contributed by atoms with Crippen LogP contribution < -0.4 is 0 Å². The van der Waals surface area contributed by atoms with Crippen LogP contribution in [-0.4, -0.2) is 35.2 Å². The van der Waals surface area contributed by atoms with Crippen LogP contribution in [0.3, 0.4) is 0 Å². The van der Waals surface area contributed by atoms with Crippen molar-refractivity contribution < 1.29 is 4.74 Å². The van der Waals surface area contributed by atoms with Gasteiger partial charge in [-0.3, -0.25) is 4.90 Å². The molecule has 3 atom stereocenters. The number of hydrogen-bond donors (Lipinski definition) is 0. The van der Waals surface area contributed by atoms with E-state index < -0.39 is 0 Å². The number of hydrogen-bond acceptors (Lipinski definition) is 2. The molecule has 0 aliphatic carbocycles. The standard InChI is InChI=1S/C22H45NO/c1-19(2,3)16-14-13-15-24-18(21(7,8)9)17(20(4,5)6)23(16)22(10,11)12/h16-18H,13-15H2,1-12H3. The summed E-state index contributed by atoms with van der Waals surface area (Å²) in [5.41, 5.74) is 0.657. The molecule has 2 heteroatoms. The molecule has 0 aromatic rings. The van der Waals surface area contributed by atoms with Gasteiger partial charge in [0, 0.05) is 24.2 Å². The molecule has 1 rings (SSSR count). The average molecular weight is 340 g/mol. The molecule has 3 unspecified atom stereocenters. The van der Waals surface area contributed by atoms with Gasteiger partial charge >= 0.3 is 0 Å². The molecule has 144 valence electrons. The van der Waals surface area contributed by atoms with E-state index in [4.69, 9.17) is 4.74 Å². The molecule has 0 N–H and O–H groups in total. The van der Waals surface area contributed by atoms with Gasteiger partial charge in [-0.2, -0.15) is 0 Å². The Hall–Kier alpha value is -0.0800. The van der Waals surface area contributed by atoms with Crippen LogP contribution in [-0.2, 0) is 4.74 Å². The van der Waals surface area contributed by atoms with Gasteiger partial charge in [-0.15, -0.1) is 0 Å². The molecule has 0 bridgehead atoms. The second-order valence-electron chi connectivity index (χ2n) is 12.1. The third kappa shape index (κ3) is 5.21. The molecule has 0 saturated carbocycles. The van der Waals surface area contributed by atoms with Gasteiger partial charge in [0.1, 0.15) is 0 Å². The first-order valence-electron chi connectivity index (χ1n) is 9.87. The van der Waals surface area contributed by atoms with Crippen molar-refractivity contribution in [2.24, 2.45) is 16.2 Å². The first-order chi connectivity index (χ1) is 10.5. The van der Waals surface area contributed by atoms with E-state index in [-0.39, 0.29) is 27.9 Å². The van der Waals surface area contributed by atoms with Crippen LogP contribution in [0.2, 0.25) is 0 Å². The van der Waals surface area contributed by atoms with Gasteiger partial charge in [0.15, 0.2) is 0 Å². The molecular formula is C22H45NO. The van der Waals surface area contributed by atoms with E-state index in [0.29, 0.717) is 12.1 Å². The maximum Gasteiger partial charge on any atom is 0.0783 e. The molecule has 24 heavy (non-hydrogen) atoms. The molecule has 1 saturated heterocycles. The molecule has 0 amide bonds. The quantitative estimate of drug-likeness (QED) is 0.525. The minimum absolute atomic E-state index is 0.111. The molecule has 0 aromatic carbocycles. The van der Waals surface area contributed by atoms with Crippen LogP contribution in [0.25, 0.3) is 0 Å². The zero-order valence-electron chi connectivity index (χ0n) is 18.7. The molecule has 0 spiro atoms. The summed E-state index contributed by atoms with van der Waals surface area (Å²) in [6.45, 7) is 29.4. The molecule has 1 fully saturated rings. The highest BCUT2D eigenvalue weighted by molar-refractivity contribution is 5.03. The lowest BCUT2D eigenvalue weighted by atomic mass is 9.69. The van der Waals surface area contributed by atoms with E-state index in [2.05, 4.69) is 88.0 Å². The van der Waals surface area contributed by atoms with Crippen LogP contribution in [0.4, 0.5) is 0 Å². The Kier molecular flexibility index (Phi) is 6.32.